The van der Waals surface area contributed by atoms with E-state index in [9.17, 15) is 4.79 Å². The average molecular weight is 212 g/mol. The van der Waals surface area contributed by atoms with Crippen molar-refractivity contribution in [3.8, 4) is 0 Å². The second-order valence-corrected chi connectivity index (χ2v) is 4.36. The van der Waals surface area contributed by atoms with Crippen LogP contribution in [-0.4, -0.2) is 22.7 Å². The second-order valence-electron chi connectivity index (χ2n) is 4.36. The fourth-order valence-corrected chi connectivity index (χ4v) is 1.05. The van der Waals surface area contributed by atoms with Crippen LogP contribution in [0.3, 0.4) is 0 Å². The molecule has 1 heterocycles. The van der Waals surface area contributed by atoms with Crippen LogP contribution in [0.15, 0.2) is 10.7 Å². The molecule has 1 aromatic rings. The normalized spacial score (nSPS) is 11.4. The number of nitrogens with one attached hydrogen (secondary N) is 1. The molecule has 5 nitrogen and oxygen atoms in total. The lowest BCUT2D eigenvalue weighted by Crippen LogP contribution is -2.23. The van der Waals surface area contributed by atoms with Crippen LogP contribution >= 0.6 is 0 Å². The predicted octanol–water partition coefficient (Wildman–Crippen LogP) is 1.78. The van der Waals surface area contributed by atoms with Crippen LogP contribution < -0.4 is 5.32 Å². The number of rotatable bonds is 3. The van der Waals surface area contributed by atoms with E-state index in [1.165, 1.54) is 0 Å². The van der Waals surface area contributed by atoms with Gasteiger partial charge in [0.05, 0.1) is 5.69 Å². The number of amides is 1. The molecule has 5 heteroatoms. The molecule has 0 aliphatic rings. The molecule has 0 aromatic carbocycles. The Morgan fingerprint density at radius 2 is 2.27 bits per heavy atom. The zero-order valence-corrected chi connectivity index (χ0v) is 9.20. The lowest BCUT2D eigenvalue weighted by atomic mass is 9.93. The van der Waals surface area contributed by atoms with Gasteiger partial charge in [-0.3, -0.25) is 0 Å². The van der Waals surface area contributed by atoms with Gasteiger partial charge in [0.2, 0.25) is 0 Å². The van der Waals surface area contributed by atoms with Crippen LogP contribution in [0.4, 0.5) is 4.79 Å². The molecular weight excluding hydrogens is 196 g/mol. The first-order chi connectivity index (χ1) is 6.89. The highest BCUT2D eigenvalue weighted by Crippen LogP contribution is 2.20. The highest BCUT2D eigenvalue weighted by atomic mass is 16.4. The first-order valence-electron chi connectivity index (χ1n) is 4.81. The van der Waals surface area contributed by atoms with Crippen molar-refractivity contribution in [2.75, 3.05) is 6.54 Å². The quantitative estimate of drug-likeness (QED) is 0.800. The lowest BCUT2D eigenvalue weighted by Gasteiger charge is -2.12. The summed E-state index contributed by atoms with van der Waals surface area (Å²) in [7, 11) is 0. The van der Waals surface area contributed by atoms with Crippen LogP contribution in [-0.2, 0) is 11.8 Å². The van der Waals surface area contributed by atoms with E-state index < -0.39 is 6.09 Å². The fraction of sp³-hybridized carbons (Fsp3) is 0.600. The SMILES string of the molecule is CC(C)(C)c1coc(CCNC(=O)O)n1. The molecule has 84 valence electrons. The maximum absolute atomic E-state index is 10.2. The molecule has 0 atom stereocenters. The Bertz CT molecular complexity index is 339. The van der Waals surface area contributed by atoms with Crippen LogP contribution in [0.1, 0.15) is 32.4 Å². The Morgan fingerprint density at radius 1 is 1.60 bits per heavy atom. The summed E-state index contributed by atoms with van der Waals surface area (Å²) < 4.78 is 5.23. The maximum atomic E-state index is 10.2. The van der Waals surface area contributed by atoms with Gasteiger partial charge in [0, 0.05) is 18.4 Å². The molecule has 0 aliphatic carbocycles. The fourth-order valence-electron chi connectivity index (χ4n) is 1.05. The van der Waals surface area contributed by atoms with E-state index in [4.69, 9.17) is 9.52 Å². The highest BCUT2D eigenvalue weighted by Gasteiger charge is 2.18. The molecular formula is C10H16N2O3. The molecule has 0 saturated carbocycles. The number of nitrogens with zero attached hydrogens (tertiary/aromatic N) is 1. The third-order valence-corrected chi connectivity index (χ3v) is 1.94. The summed E-state index contributed by atoms with van der Waals surface area (Å²) >= 11 is 0. The summed E-state index contributed by atoms with van der Waals surface area (Å²) in [5.41, 5.74) is 0.843. The van der Waals surface area contributed by atoms with Crippen molar-refractivity contribution in [3.05, 3.63) is 17.8 Å². The topological polar surface area (TPSA) is 75.4 Å². The number of carboxylic acid groups (broad SMARTS) is 1. The number of oxazole rings is 1. The van der Waals surface area contributed by atoms with Crippen LogP contribution in [0.5, 0.6) is 0 Å². The Kier molecular flexibility index (Phi) is 3.34. The number of aromatic nitrogens is 1. The standard InChI is InChI=1S/C10H16N2O3/c1-10(2,3)7-6-15-8(12-7)4-5-11-9(13)14/h6,11H,4-5H2,1-3H3,(H,13,14). The Balaban J connectivity index is 2.50. The minimum Gasteiger partial charge on any atom is -0.465 e. The van der Waals surface area contributed by atoms with E-state index in [1.807, 2.05) is 20.8 Å². The zero-order valence-electron chi connectivity index (χ0n) is 9.20. The molecule has 0 spiro atoms. The van der Waals surface area contributed by atoms with E-state index in [0.717, 1.165) is 5.69 Å². The third kappa shape index (κ3) is 3.61. The van der Waals surface area contributed by atoms with Gasteiger partial charge in [-0.15, -0.1) is 0 Å². The summed E-state index contributed by atoms with van der Waals surface area (Å²) in [6.45, 7) is 6.46. The Hall–Kier alpha value is -1.52. The molecule has 0 saturated heterocycles. The second kappa shape index (κ2) is 4.33. The molecule has 1 rings (SSSR count). The van der Waals surface area contributed by atoms with Gasteiger partial charge < -0.3 is 14.8 Å². The third-order valence-electron chi connectivity index (χ3n) is 1.94. The van der Waals surface area contributed by atoms with E-state index in [1.54, 1.807) is 6.26 Å². The van der Waals surface area contributed by atoms with Crippen LogP contribution in [0, 0.1) is 0 Å². The minimum absolute atomic E-state index is 0.0397. The van der Waals surface area contributed by atoms with Crippen molar-refractivity contribution in [2.24, 2.45) is 0 Å². The Morgan fingerprint density at radius 3 is 2.73 bits per heavy atom. The number of hydrogen-bond acceptors (Lipinski definition) is 3. The maximum Gasteiger partial charge on any atom is 0.404 e. The van der Waals surface area contributed by atoms with Crippen molar-refractivity contribution in [2.45, 2.75) is 32.6 Å². The smallest absolute Gasteiger partial charge is 0.404 e. The van der Waals surface area contributed by atoms with Crippen molar-refractivity contribution < 1.29 is 14.3 Å². The lowest BCUT2D eigenvalue weighted by molar-refractivity contribution is 0.194. The van der Waals surface area contributed by atoms with Crippen molar-refractivity contribution >= 4 is 6.09 Å². The largest absolute Gasteiger partial charge is 0.465 e. The van der Waals surface area contributed by atoms with Crippen molar-refractivity contribution in [1.29, 1.82) is 0 Å². The first-order valence-corrected chi connectivity index (χ1v) is 4.81. The molecule has 2 N–H and O–H groups in total. The van der Waals surface area contributed by atoms with Gasteiger partial charge in [-0.2, -0.15) is 0 Å². The van der Waals surface area contributed by atoms with Crippen molar-refractivity contribution in [3.63, 3.8) is 0 Å². The van der Waals surface area contributed by atoms with E-state index >= 15 is 0 Å². The number of carbonyl (C=O) groups is 1. The molecule has 0 aliphatic heterocycles. The summed E-state index contributed by atoms with van der Waals surface area (Å²) in [6, 6.07) is 0. The summed E-state index contributed by atoms with van der Waals surface area (Å²) in [5.74, 6) is 0.564. The molecule has 1 amide bonds. The van der Waals surface area contributed by atoms with Gasteiger partial charge in [0.15, 0.2) is 5.89 Å². The molecule has 15 heavy (non-hydrogen) atoms. The van der Waals surface area contributed by atoms with E-state index in [-0.39, 0.29) is 5.41 Å². The molecule has 0 fully saturated rings. The van der Waals surface area contributed by atoms with Gasteiger partial charge in [-0.25, -0.2) is 9.78 Å². The van der Waals surface area contributed by atoms with Crippen molar-refractivity contribution in [1.82, 2.24) is 10.3 Å². The van der Waals surface area contributed by atoms with E-state index in [0.29, 0.717) is 18.9 Å². The molecule has 0 bridgehead atoms. The van der Waals surface area contributed by atoms with Gasteiger partial charge in [-0.05, 0) is 0 Å². The molecule has 1 aromatic heterocycles. The van der Waals surface area contributed by atoms with Gasteiger partial charge in [0.1, 0.15) is 6.26 Å². The molecule has 0 unspecified atom stereocenters. The summed E-state index contributed by atoms with van der Waals surface area (Å²) in [4.78, 5) is 14.5. The van der Waals surface area contributed by atoms with Gasteiger partial charge >= 0.3 is 6.09 Å². The minimum atomic E-state index is -1.03. The van der Waals surface area contributed by atoms with Crippen LogP contribution in [0.2, 0.25) is 0 Å². The summed E-state index contributed by atoms with van der Waals surface area (Å²) in [5, 5.41) is 10.6. The van der Waals surface area contributed by atoms with E-state index in [2.05, 4.69) is 10.3 Å². The van der Waals surface area contributed by atoms with Gasteiger partial charge in [0.25, 0.3) is 0 Å². The highest BCUT2D eigenvalue weighted by molar-refractivity contribution is 5.64. The zero-order chi connectivity index (χ0) is 11.5. The molecule has 0 radical (unpaired) electrons. The number of hydrogen-bond donors (Lipinski definition) is 2. The predicted molar refractivity (Wildman–Crippen MR) is 54.9 cm³/mol. The van der Waals surface area contributed by atoms with Crippen LogP contribution in [0.25, 0.3) is 0 Å². The van der Waals surface area contributed by atoms with Gasteiger partial charge in [-0.1, -0.05) is 20.8 Å². The first kappa shape index (κ1) is 11.6. The average Bonchev–Trinajstić information content (AvgIpc) is 2.51. The summed E-state index contributed by atoms with van der Waals surface area (Å²) in [6.07, 6.45) is 1.07. The Labute approximate surface area is 88.5 Å². The monoisotopic (exact) mass is 212 g/mol.